The average Bonchev–Trinajstić information content (AvgIpc) is 2.98. The van der Waals surface area contributed by atoms with Crippen LogP contribution in [0, 0.1) is 0 Å². The quantitative estimate of drug-likeness (QED) is 0.847. The second kappa shape index (κ2) is 7.53. The number of hydrogen-bond donors (Lipinski definition) is 2. The molecule has 0 saturated carbocycles. The molecule has 2 rings (SSSR count). The topological polar surface area (TPSA) is 54.0 Å². The van der Waals surface area contributed by atoms with Gasteiger partial charge in [-0.1, -0.05) is 13.3 Å². The van der Waals surface area contributed by atoms with Gasteiger partial charge in [0.1, 0.15) is 5.82 Å². The first-order valence-electron chi connectivity index (χ1n) is 7.31. The summed E-state index contributed by atoms with van der Waals surface area (Å²) in [7, 11) is 1.83. The molecule has 2 N–H and O–H groups in total. The summed E-state index contributed by atoms with van der Waals surface area (Å²) in [6.45, 7) is 2.88. The van der Waals surface area contributed by atoms with Crippen molar-refractivity contribution in [1.82, 2.24) is 10.3 Å². The molecule has 1 aromatic heterocycles. The zero-order valence-electron chi connectivity index (χ0n) is 12.2. The molecule has 20 heavy (non-hydrogen) atoms. The van der Waals surface area contributed by atoms with Gasteiger partial charge in [-0.3, -0.25) is 4.79 Å². The molecule has 1 aliphatic heterocycles. The third-order valence-corrected chi connectivity index (χ3v) is 4.82. The summed E-state index contributed by atoms with van der Waals surface area (Å²) < 4.78 is 0. The molecule has 0 aromatic carbocycles. The molecule has 1 fully saturated rings. The Bertz CT molecular complexity index is 458. The molecule has 0 bridgehead atoms. The molecule has 1 unspecified atom stereocenters. The molecule has 1 aromatic rings. The van der Waals surface area contributed by atoms with Gasteiger partial charge in [-0.15, -0.1) is 0 Å². The molecule has 1 saturated heterocycles. The van der Waals surface area contributed by atoms with Gasteiger partial charge in [-0.05, 0) is 37.1 Å². The number of nitrogens with one attached hydrogen (secondary N) is 2. The van der Waals surface area contributed by atoms with E-state index in [0.29, 0.717) is 10.8 Å². The van der Waals surface area contributed by atoms with E-state index in [9.17, 15) is 4.79 Å². The number of aromatic nitrogens is 1. The molecule has 5 heteroatoms. The van der Waals surface area contributed by atoms with Crippen LogP contribution in [0.5, 0.6) is 0 Å². The first-order valence-corrected chi connectivity index (χ1v) is 8.36. The number of amides is 1. The number of anilines is 1. The van der Waals surface area contributed by atoms with Crippen molar-refractivity contribution in [3.05, 3.63) is 23.4 Å². The van der Waals surface area contributed by atoms with Gasteiger partial charge in [0, 0.05) is 30.1 Å². The van der Waals surface area contributed by atoms with Crippen molar-refractivity contribution in [2.45, 2.75) is 37.9 Å². The highest BCUT2D eigenvalue weighted by Gasteiger charge is 2.17. The lowest BCUT2D eigenvalue weighted by Crippen LogP contribution is -2.29. The standard InChI is InChI=1S/C15H23N3OS/c1-3-5-12-8-11(9-14(16-2)18-12)15(19)17-10-13-6-4-7-20-13/h8-9,13H,3-7,10H2,1-2H3,(H,16,18)(H,17,19). The molecule has 110 valence electrons. The maximum Gasteiger partial charge on any atom is 0.251 e. The summed E-state index contributed by atoms with van der Waals surface area (Å²) >= 11 is 1.96. The fourth-order valence-corrected chi connectivity index (χ4v) is 3.55. The van der Waals surface area contributed by atoms with Crippen molar-refractivity contribution in [3.8, 4) is 0 Å². The smallest absolute Gasteiger partial charge is 0.251 e. The third kappa shape index (κ3) is 4.13. The van der Waals surface area contributed by atoms with Crippen molar-refractivity contribution >= 4 is 23.5 Å². The number of hydrogen-bond acceptors (Lipinski definition) is 4. The van der Waals surface area contributed by atoms with Crippen molar-refractivity contribution < 1.29 is 4.79 Å². The molecule has 1 atom stereocenters. The van der Waals surface area contributed by atoms with Crippen LogP contribution in [0.25, 0.3) is 0 Å². The average molecular weight is 293 g/mol. The number of nitrogens with zero attached hydrogens (tertiary/aromatic N) is 1. The molecule has 0 aliphatic carbocycles. The Hall–Kier alpha value is -1.23. The Morgan fingerprint density at radius 3 is 3.00 bits per heavy atom. The first-order chi connectivity index (χ1) is 9.72. The van der Waals surface area contributed by atoms with Crippen molar-refractivity contribution in [3.63, 3.8) is 0 Å². The largest absolute Gasteiger partial charge is 0.373 e. The van der Waals surface area contributed by atoms with Gasteiger partial charge >= 0.3 is 0 Å². The Kier molecular flexibility index (Phi) is 5.71. The van der Waals surface area contributed by atoms with E-state index in [1.54, 1.807) is 0 Å². The minimum absolute atomic E-state index is 0.00810. The van der Waals surface area contributed by atoms with Crippen molar-refractivity contribution in [2.75, 3.05) is 24.7 Å². The summed E-state index contributed by atoms with van der Waals surface area (Å²) in [6.07, 6.45) is 4.41. The molecule has 1 amide bonds. The van der Waals surface area contributed by atoms with E-state index >= 15 is 0 Å². The lowest BCUT2D eigenvalue weighted by atomic mass is 10.1. The predicted octanol–water partition coefficient (Wildman–Crippen LogP) is 2.70. The predicted molar refractivity (Wildman–Crippen MR) is 85.6 cm³/mol. The van der Waals surface area contributed by atoms with E-state index in [1.165, 1.54) is 18.6 Å². The second-order valence-corrected chi connectivity index (χ2v) is 6.49. The van der Waals surface area contributed by atoms with E-state index in [2.05, 4.69) is 22.5 Å². The lowest BCUT2D eigenvalue weighted by molar-refractivity contribution is 0.0953. The van der Waals surface area contributed by atoms with Crippen LogP contribution in [0.1, 0.15) is 42.2 Å². The molecule has 2 heterocycles. The van der Waals surface area contributed by atoms with Crippen LogP contribution in [0.3, 0.4) is 0 Å². The minimum atomic E-state index is 0.00810. The number of pyridine rings is 1. The second-order valence-electron chi connectivity index (χ2n) is 5.08. The Morgan fingerprint density at radius 2 is 2.35 bits per heavy atom. The zero-order chi connectivity index (χ0) is 14.4. The molecule has 0 spiro atoms. The van der Waals surface area contributed by atoms with Crippen LogP contribution in [0.2, 0.25) is 0 Å². The number of carbonyl (C=O) groups excluding carboxylic acids is 1. The fraction of sp³-hybridized carbons (Fsp3) is 0.600. The van der Waals surface area contributed by atoms with Gasteiger partial charge in [0.05, 0.1) is 0 Å². The minimum Gasteiger partial charge on any atom is -0.373 e. The van der Waals surface area contributed by atoms with Gasteiger partial charge in [-0.25, -0.2) is 4.98 Å². The third-order valence-electron chi connectivity index (χ3n) is 3.42. The number of aryl methyl sites for hydroxylation is 1. The highest BCUT2D eigenvalue weighted by Crippen LogP contribution is 2.25. The highest BCUT2D eigenvalue weighted by molar-refractivity contribution is 8.00. The Morgan fingerprint density at radius 1 is 1.50 bits per heavy atom. The van der Waals surface area contributed by atoms with E-state index in [4.69, 9.17) is 0 Å². The summed E-state index contributed by atoms with van der Waals surface area (Å²) in [6, 6.07) is 3.72. The fourth-order valence-electron chi connectivity index (χ4n) is 2.35. The maximum atomic E-state index is 12.3. The van der Waals surface area contributed by atoms with Crippen LogP contribution >= 0.6 is 11.8 Å². The first kappa shape index (κ1) is 15.2. The number of rotatable bonds is 6. The van der Waals surface area contributed by atoms with Crippen LogP contribution in [-0.2, 0) is 6.42 Å². The SMILES string of the molecule is CCCc1cc(C(=O)NCC2CCCS2)cc(NC)n1. The Balaban J connectivity index is 2.01. The van der Waals surface area contributed by atoms with E-state index in [1.807, 2.05) is 30.9 Å². The van der Waals surface area contributed by atoms with Gasteiger partial charge in [0.25, 0.3) is 5.91 Å². The zero-order valence-corrected chi connectivity index (χ0v) is 13.1. The van der Waals surface area contributed by atoms with Gasteiger partial charge in [0.2, 0.25) is 0 Å². The van der Waals surface area contributed by atoms with Gasteiger partial charge < -0.3 is 10.6 Å². The monoisotopic (exact) mass is 293 g/mol. The number of carbonyl (C=O) groups is 1. The summed E-state index contributed by atoms with van der Waals surface area (Å²) in [4.78, 5) is 16.7. The molecule has 0 radical (unpaired) electrons. The molecular formula is C15H23N3OS. The van der Waals surface area contributed by atoms with Gasteiger partial charge in [0.15, 0.2) is 0 Å². The molecule has 1 aliphatic rings. The van der Waals surface area contributed by atoms with Crippen LogP contribution in [0.15, 0.2) is 12.1 Å². The van der Waals surface area contributed by atoms with E-state index < -0.39 is 0 Å². The van der Waals surface area contributed by atoms with E-state index in [-0.39, 0.29) is 5.91 Å². The summed E-state index contributed by atoms with van der Waals surface area (Å²) in [5.41, 5.74) is 1.68. The lowest BCUT2D eigenvalue weighted by Gasteiger charge is -2.12. The number of thioether (sulfide) groups is 1. The van der Waals surface area contributed by atoms with Crippen molar-refractivity contribution in [1.29, 1.82) is 0 Å². The molecule has 4 nitrogen and oxygen atoms in total. The summed E-state index contributed by atoms with van der Waals surface area (Å²) in [5, 5.41) is 6.65. The van der Waals surface area contributed by atoms with E-state index in [0.717, 1.165) is 30.9 Å². The molecular weight excluding hydrogens is 270 g/mol. The van der Waals surface area contributed by atoms with Crippen molar-refractivity contribution in [2.24, 2.45) is 0 Å². The normalized spacial score (nSPS) is 18.0. The van der Waals surface area contributed by atoms with Crippen LogP contribution in [-0.4, -0.2) is 35.5 Å². The highest BCUT2D eigenvalue weighted by atomic mass is 32.2. The van der Waals surface area contributed by atoms with Gasteiger partial charge in [-0.2, -0.15) is 11.8 Å². The Labute approximate surface area is 125 Å². The van der Waals surface area contributed by atoms with Crippen LogP contribution in [0.4, 0.5) is 5.82 Å². The maximum absolute atomic E-state index is 12.3. The summed E-state index contributed by atoms with van der Waals surface area (Å²) in [5.74, 6) is 1.99. The van der Waals surface area contributed by atoms with Crippen LogP contribution < -0.4 is 10.6 Å².